The van der Waals surface area contributed by atoms with Crippen molar-refractivity contribution < 1.29 is 13.2 Å². The lowest BCUT2D eigenvalue weighted by molar-refractivity contribution is 0.305. The largest absolute Gasteiger partial charge is 0.493 e. The van der Waals surface area contributed by atoms with Gasteiger partial charge < -0.3 is 4.74 Å². The molecule has 0 saturated carbocycles. The predicted octanol–water partition coefficient (Wildman–Crippen LogP) is 3.42. The van der Waals surface area contributed by atoms with Crippen molar-refractivity contribution in [2.45, 2.75) is 44.4 Å². The third-order valence-corrected chi connectivity index (χ3v) is 5.03. The predicted molar refractivity (Wildman–Crippen MR) is 85.7 cm³/mol. The van der Waals surface area contributed by atoms with E-state index in [0.29, 0.717) is 6.61 Å². The average molecular weight is 322 g/mol. The Hall–Kier alpha value is -1.82. The molecule has 0 unspecified atom stereocenters. The van der Waals surface area contributed by atoms with E-state index in [2.05, 4.69) is 11.9 Å². The summed E-state index contributed by atoms with van der Waals surface area (Å²) in [5.74, 6) is 0.933. The van der Waals surface area contributed by atoms with Gasteiger partial charge in [0, 0.05) is 12.4 Å². The van der Waals surface area contributed by atoms with Crippen molar-refractivity contribution in [2.75, 3.05) is 6.61 Å². The minimum Gasteiger partial charge on any atom is -0.493 e. The summed E-state index contributed by atoms with van der Waals surface area (Å²) in [6.45, 7) is 6.79. The minimum atomic E-state index is -3.59. The fraction of sp³-hybridized carbons (Fsp3) is 0.438. The summed E-state index contributed by atoms with van der Waals surface area (Å²) in [4.78, 5) is 4.05. The maximum atomic E-state index is 12.5. The van der Waals surface area contributed by atoms with Crippen LogP contribution in [0.15, 0.2) is 41.8 Å². The van der Waals surface area contributed by atoms with Crippen molar-refractivity contribution in [1.82, 2.24) is 8.96 Å². The molecule has 0 aliphatic heterocycles. The molecule has 5 nitrogen and oxygen atoms in total. The molecule has 1 heterocycles. The number of hydrogen-bond acceptors (Lipinski definition) is 4. The maximum absolute atomic E-state index is 12.5. The summed E-state index contributed by atoms with van der Waals surface area (Å²) in [5.41, 5.74) is 0.900. The zero-order valence-corrected chi connectivity index (χ0v) is 14.0. The Bertz CT molecular complexity index is 707. The van der Waals surface area contributed by atoms with E-state index in [9.17, 15) is 8.42 Å². The van der Waals surface area contributed by atoms with E-state index in [1.54, 1.807) is 18.2 Å². The number of imidazole rings is 1. The van der Waals surface area contributed by atoms with Crippen molar-refractivity contribution in [3.63, 3.8) is 0 Å². The molecule has 1 aromatic carbocycles. The van der Waals surface area contributed by atoms with Gasteiger partial charge in [-0.15, -0.1) is 0 Å². The number of unbranched alkanes of at least 4 members (excludes halogenated alkanes) is 1. The summed E-state index contributed by atoms with van der Waals surface area (Å²) in [6, 6.07) is 5.03. The van der Waals surface area contributed by atoms with Crippen LogP contribution in [-0.2, 0) is 10.0 Å². The highest BCUT2D eigenvalue weighted by Gasteiger charge is 2.19. The minimum absolute atomic E-state index is 0.176. The molecule has 0 amide bonds. The molecule has 0 saturated heterocycles. The number of nitrogens with zero attached hydrogens (tertiary/aromatic N) is 2. The molecular formula is C16H22N2O3S. The summed E-state index contributed by atoms with van der Waals surface area (Å²) in [5, 5.41) is 0. The van der Waals surface area contributed by atoms with Gasteiger partial charge in [0.1, 0.15) is 12.1 Å². The van der Waals surface area contributed by atoms with Gasteiger partial charge in [0.05, 0.1) is 11.5 Å². The first-order valence-corrected chi connectivity index (χ1v) is 8.91. The summed E-state index contributed by atoms with van der Waals surface area (Å²) < 4.78 is 31.9. The van der Waals surface area contributed by atoms with E-state index in [4.69, 9.17) is 4.74 Å². The quantitative estimate of drug-likeness (QED) is 0.733. The van der Waals surface area contributed by atoms with Crippen LogP contribution in [-0.4, -0.2) is 24.0 Å². The van der Waals surface area contributed by atoms with Gasteiger partial charge in [-0.25, -0.2) is 17.4 Å². The second kappa shape index (κ2) is 6.96. The van der Waals surface area contributed by atoms with Crippen molar-refractivity contribution in [3.8, 4) is 5.75 Å². The van der Waals surface area contributed by atoms with Crippen LogP contribution in [0, 0.1) is 0 Å². The van der Waals surface area contributed by atoms with E-state index in [1.807, 2.05) is 13.8 Å². The first-order valence-electron chi connectivity index (χ1n) is 7.47. The number of hydrogen-bond donors (Lipinski definition) is 0. The molecule has 2 aromatic rings. The lowest BCUT2D eigenvalue weighted by Gasteiger charge is -2.16. The van der Waals surface area contributed by atoms with Gasteiger partial charge in [-0.05, 0) is 36.1 Å². The molecule has 0 bridgehead atoms. The second-order valence-corrected chi connectivity index (χ2v) is 7.30. The van der Waals surface area contributed by atoms with E-state index >= 15 is 0 Å². The first-order chi connectivity index (χ1) is 10.5. The van der Waals surface area contributed by atoms with E-state index < -0.39 is 10.0 Å². The molecule has 0 radical (unpaired) electrons. The van der Waals surface area contributed by atoms with Crippen molar-refractivity contribution in [2.24, 2.45) is 0 Å². The third-order valence-electron chi connectivity index (χ3n) is 3.41. The molecule has 6 heteroatoms. The molecule has 0 aliphatic rings. The van der Waals surface area contributed by atoms with E-state index in [-0.39, 0.29) is 10.8 Å². The Morgan fingerprint density at radius 3 is 2.68 bits per heavy atom. The lowest BCUT2D eigenvalue weighted by atomic mass is 10.0. The number of ether oxygens (including phenoxy) is 1. The van der Waals surface area contributed by atoms with Crippen molar-refractivity contribution in [3.05, 3.63) is 42.5 Å². The van der Waals surface area contributed by atoms with Crippen molar-refractivity contribution in [1.29, 1.82) is 0 Å². The fourth-order valence-corrected chi connectivity index (χ4v) is 3.26. The van der Waals surface area contributed by atoms with Crippen LogP contribution >= 0.6 is 0 Å². The van der Waals surface area contributed by atoms with E-state index in [1.165, 1.54) is 18.7 Å². The Labute approximate surface area is 132 Å². The summed E-state index contributed by atoms with van der Waals surface area (Å²) in [6.07, 6.45) is 6.20. The van der Waals surface area contributed by atoms with Crippen molar-refractivity contribution >= 4 is 10.0 Å². The van der Waals surface area contributed by atoms with Crippen LogP contribution in [0.3, 0.4) is 0 Å². The molecule has 0 atom stereocenters. The van der Waals surface area contributed by atoms with Crippen LogP contribution in [0.25, 0.3) is 0 Å². The van der Waals surface area contributed by atoms with Gasteiger partial charge in [0.25, 0.3) is 10.0 Å². The fourth-order valence-electron chi connectivity index (χ4n) is 2.11. The SMILES string of the molecule is CCCCOc1ccc(S(=O)(=O)n2ccnc2)cc1C(C)C. The molecule has 2 rings (SSSR count). The molecule has 1 aromatic heterocycles. The third kappa shape index (κ3) is 3.50. The summed E-state index contributed by atoms with van der Waals surface area (Å²) >= 11 is 0. The molecule has 0 spiro atoms. The zero-order chi connectivity index (χ0) is 16.2. The Morgan fingerprint density at radius 1 is 1.32 bits per heavy atom. The van der Waals surface area contributed by atoms with Gasteiger partial charge in [0.15, 0.2) is 0 Å². The Morgan fingerprint density at radius 2 is 2.09 bits per heavy atom. The molecule has 22 heavy (non-hydrogen) atoms. The molecular weight excluding hydrogens is 300 g/mol. The Kier molecular flexibility index (Phi) is 5.24. The van der Waals surface area contributed by atoms with Crippen LogP contribution in [0.1, 0.15) is 45.1 Å². The maximum Gasteiger partial charge on any atom is 0.268 e. The Balaban J connectivity index is 2.37. The van der Waals surface area contributed by atoms with Crippen LogP contribution in [0.2, 0.25) is 0 Å². The number of rotatable bonds is 7. The standard InChI is InChI=1S/C16H22N2O3S/c1-4-5-10-21-16-7-6-14(11-15(16)13(2)3)22(19,20)18-9-8-17-12-18/h6-9,11-13H,4-5,10H2,1-3H3. The summed E-state index contributed by atoms with van der Waals surface area (Å²) in [7, 11) is -3.59. The number of aromatic nitrogens is 2. The second-order valence-electron chi connectivity index (χ2n) is 5.45. The highest BCUT2D eigenvalue weighted by molar-refractivity contribution is 7.90. The zero-order valence-electron chi connectivity index (χ0n) is 13.2. The van der Waals surface area contributed by atoms with Gasteiger partial charge >= 0.3 is 0 Å². The monoisotopic (exact) mass is 322 g/mol. The molecule has 0 aliphatic carbocycles. The normalized spacial score (nSPS) is 11.8. The number of benzene rings is 1. The molecule has 0 N–H and O–H groups in total. The molecule has 0 fully saturated rings. The highest BCUT2D eigenvalue weighted by atomic mass is 32.2. The first kappa shape index (κ1) is 16.5. The van der Waals surface area contributed by atoms with E-state index in [0.717, 1.165) is 28.1 Å². The van der Waals surface area contributed by atoms with Gasteiger partial charge in [0.2, 0.25) is 0 Å². The highest BCUT2D eigenvalue weighted by Crippen LogP contribution is 2.30. The van der Waals surface area contributed by atoms with Crippen LogP contribution < -0.4 is 4.74 Å². The average Bonchev–Trinajstić information content (AvgIpc) is 3.02. The van der Waals surface area contributed by atoms with Crippen LogP contribution in [0.4, 0.5) is 0 Å². The van der Waals surface area contributed by atoms with Gasteiger partial charge in [-0.1, -0.05) is 27.2 Å². The lowest BCUT2D eigenvalue weighted by Crippen LogP contribution is -2.12. The topological polar surface area (TPSA) is 61.2 Å². The van der Waals surface area contributed by atoms with Gasteiger partial charge in [-0.3, -0.25) is 0 Å². The van der Waals surface area contributed by atoms with Gasteiger partial charge in [-0.2, -0.15) is 0 Å². The van der Waals surface area contributed by atoms with Crippen LogP contribution in [0.5, 0.6) is 5.75 Å². The smallest absolute Gasteiger partial charge is 0.268 e. The molecule has 120 valence electrons.